The van der Waals surface area contributed by atoms with Gasteiger partial charge in [0.25, 0.3) is 5.91 Å². The topological polar surface area (TPSA) is 108 Å². The first-order chi connectivity index (χ1) is 18.3. The molecule has 2 aliphatic carbocycles. The molecule has 3 fully saturated rings. The number of amides is 2. The number of nitrogens with zero attached hydrogens (tertiary/aromatic N) is 1. The summed E-state index contributed by atoms with van der Waals surface area (Å²) in [6, 6.07) is 3.15. The van der Waals surface area contributed by atoms with Gasteiger partial charge in [-0.15, -0.1) is 0 Å². The molecule has 2 amide bonds. The Bertz CT molecular complexity index is 1220. The van der Waals surface area contributed by atoms with Crippen molar-refractivity contribution < 1.29 is 31.2 Å². The summed E-state index contributed by atoms with van der Waals surface area (Å²) < 4.78 is 65.3. The lowest BCUT2D eigenvalue weighted by Crippen LogP contribution is -2.61. The van der Waals surface area contributed by atoms with Gasteiger partial charge in [0.15, 0.2) is 0 Å². The molecule has 2 saturated carbocycles. The van der Waals surface area contributed by atoms with Crippen molar-refractivity contribution in [3.63, 3.8) is 0 Å². The van der Waals surface area contributed by atoms with Gasteiger partial charge in [0, 0.05) is 24.2 Å². The lowest BCUT2D eigenvalue weighted by Gasteiger charge is -2.57. The van der Waals surface area contributed by atoms with Crippen LogP contribution in [0.5, 0.6) is 0 Å². The number of anilines is 1. The van der Waals surface area contributed by atoms with Gasteiger partial charge < -0.3 is 15.5 Å². The zero-order valence-corrected chi connectivity index (χ0v) is 23.2. The van der Waals surface area contributed by atoms with E-state index in [1.165, 1.54) is 0 Å². The lowest BCUT2D eigenvalue weighted by molar-refractivity contribution is -0.136. The van der Waals surface area contributed by atoms with Gasteiger partial charge in [0.2, 0.25) is 15.9 Å². The minimum absolute atomic E-state index is 0.000418. The van der Waals surface area contributed by atoms with Crippen molar-refractivity contribution in [2.75, 3.05) is 30.7 Å². The Morgan fingerprint density at radius 1 is 1.13 bits per heavy atom. The molecule has 39 heavy (non-hydrogen) atoms. The van der Waals surface area contributed by atoms with E-state index in [4.69, 9.17) is 11.6 Å². The molecule has 3 N–H and O–H groups in total. The molecule has 0 aromatic heterocycles. The monoisotopic (exact) mass is 590 g/mol. The van der Waals surface area contributed by atoms with Gasteiger partial charge in [-0.2, -0.15) is 13.2 Å². The SMILES string of the molecule is O=C1Cc2cc(C(=O)NC3CC4(C3)CC(NS(=O)(=O)CC3CCN(CCCC(F)(F)F)CC3)C4)c(Cl)cc2N1. The summed E-state index contributed by atoms with van der Waals surface area (Å²) in [4.78, 5) is 26.4. The minimum atomic E-state index is -4.13. The molecule has 0 unspecified atom stereocenters. The number of rotatable bonds is 9. The Kier molecular flexibility index (Phi) is 7.95. The molecular formula is C26H34ClF3N4O4S. The molecule has 1 spiro atoms. The first-order valence-corrected chi connectivity index (χ1v) is 15.5. The van der Waals surface area contributed by atoms with E-state index in [1.54, 1.807) is 12.1 Å². The Balaban J connectivity index is 1.00. The second-order valence-corrected chi connectivity index (χ2v) is 14.0. The fraction of sp³-hybridized carbons (Fsp3) is 0.692. The Hall–Kier alpha value is -1.89. The van der Waals surface area contributed by atoms with E-state index in [9.17, 15) is 31.2 Å². The minimum Gasteiger partial charge on any atom is -0.349 e. The number of carbonyl (C=O) groups excluding carboxylic acids is 2. The van der Waals surface area contributed by atoms with E-state index in [0.29, 0.717) is 43.7 Å². The summed E-state index contributed by atoms with van der Waals surface area (Å²) in [5.41, 5.74) is 1.78. The smallest absolute Gasteiger partial charge is 0.349 e. The number of piperidine rings is 1. The molecule has 0 atom stereocenters. The second kappa shape index (κ2) is 10.8. The van der Waals surface area contributed by atoms with Crippen LogP contribution in [0.4, 0.5) is 18.9 Å². The van der Waals surface area contributed by atoms with E-state index < -0.39 is 22.6 Å². The lowest BCUT2D eigenvalue weighted by atomic mass is 9.52. The van der Waals surface area contributed by atoms with Crippen molar-refractivity contribution in [3.8, 4) is 0 Å². The van der Waals surface area contributed by atoms with Gasteiger partial charge in [-0.1, -0.05) is 11.6 Å². The van der Waals surface area contributed by atoms with Crippen LogP contribution in [0.3, 0.4) is 0 Å². The summed E-state index contributed by atoms with van der Waals surface area (Å²) in [7, 11) is -3.44. The van der Waals surface area contributed by atoms with Gasteiger partial charge >= 0.3 is 6.18 Å². The summed E-state index contributed by atoms with van der Waals surface area (Å²) in [6.45, 7) is 1.65. The van der Waals surface area contributed by atoms with Gasteiger partial charge in [0.05, 0.1) is 22.8 Å². The van der Waals surface area contributed by atoms with Gasteiger partial charge in [-0.25, -0.2) is 13.1 Å². The van der Waals surface area contributed by atoms with Crippen molar-refractivity contribution in [1.29, 1.82) is 0 Å². The zero-order valence-electron chi connectivity index (χ0n) is 21.6. The Labute approximate surface area is 231 Å². The average Bonchev–Trinajstić information content (AvgIpc) is 3.14. The molecule has 2 heterocycles. The number of hydrogen-bond acceptors (Lipinski definition) is 5. The van der Waals surface area contributed by atoms with E-state index >= 15 is 0 Å². The number of nitrogens with one attached hydrogen (secondary N) is 3. The fourth-order valence-electron chi connectivity index (χ4n) is 6.67. The maximum absolute atomic E-state index is 12.8. The number of halogens is 4. The summed E-state index contributed by atoms with van der Waals surface area (Å²) in [5.74, 6) is -0.337. The normalized spacial score (nSPS) is 27.5. The molecule has 13 heteroatoms. The molecule has 5 rings (SSSR count). The number of likely N-dealkylation sites (tertiary alicyclic amines) is 1. The molecule has 8 nitrogen and oxygen atoms in total. The predicted molar refractivity (Wildman–Crippen MR) is 141 cm³/mol. The van der Waals surface area contributed by atoms with Crippen LogP contribution in [0, 0.1) is 11.3 Å². The quantitative estimate of drug-likeness (QED) is 0.405. The van der Waals surface area contributed by atoms with Crippen LogP contribution in [0.25, 0.3) is 0 Å². The van der Waals surface area contributed by atoms with Gasteiger partial charge in [-0.05, 0) is 93.6 Å². The molecule has 0 radical (unpaired) electrons. The van der Waals surface area contributed by atoms with E-state index in [-0.39, 0.29) is 58.8 Å². The number of carbonyl (C=O) groups is 2. The van der Waals surface area contributed by atoms with E-state index in [2.05, 4.69) is 15.4 Å². The highest BCUT2D eigenvalue weighted by Crippen LogP contribution is 2.56. The zero-order chi connectivity index (χ0) is 28.0. The predicted octanol–water partition coefficient (Wildman–Crippen LogP) is 3.85. The van der Waals surface area contributed by atoms with Crippen molar-refractivity contribution in [2.24, 2.45) is 11.3 Å². The third-order valence-corrected chi connectivity index (χ3v) is 10.5. The van der Waals surface area contributed by atoms with Crippen LogP contribution in [0.1, 0.15) is 67.3 Å². The third kappa shape index (κ3) is 7.07. The van der Waals surface area contributed by atoms with Crippen LogP contribution in [-0.2, 0) is 21.2 Å². The van der Waals surface area contributed by atoms with Crippen LogP contribution in [0.15, 0.2) is 12.1 Å². The molecule has 1 aromatic rings. The standard InChI is InChI=1S/C26H34ClF3N4O4S/c27-21-10-22-17(9-23(35)32-22)8-20(21)24(36)31-18-11-25(12-18)13-19(14-25)33-39(37,38)15-16-2-6-34(7-3-16)5-1-4-26(28,29)30/h8,10,16,18-19,33H,1-7,9,11-15H2,(H,31,36)(H,32,35). The molecule has 0 bridgehead atoms. The average molecular weight is 591 g/mol. The summed E-state index contributed by atoms with van der Waals surface area (Å²) in [5, 5.41) is 6.01. The largest absolute Gasteiger partial charge is 0.389 e. The molecular weight excluding hydrogens is 557 g/mol. The number of sulfonamides is 1. The summed E-state index contributed by atoms with van der Waals surface area (Å²) >= 11 is 6.27. The maximum atomic E-state index is 12.8. The molecule has 1 saturated heterocycles. The van der Waals surface area contributed by atoms with Crippen molar-refractivity contribution in [2.45, 2.75) is 76.0 Å². The molecule has 4 aliphatic rings. The van der Waals surface area contributed by atoms with E-state index in [1.807, 2.05) is 4.90 Å². The van der Waals surface area contributed by atoms with Crippen LogP contribution >= 0.6 is 11.6 Å². The van der Waals surface area contributed by atoms with Crippen LogP contribution in [-0.4, -0.2) is 68.8 Å². The Morgan fingerprint density at radius 3 is 2.46 bits per heavy atom. The first kappa shape index (κ1) is 28.6. The van der Waals surface area contributed by atoms with Gasteiger partial charge in [-0.3, -0.25) is 9.59 Å². The molecule has 2 aliphatic heterocycles. The fourth-order valence-corrected chi connectivity index (χ4v) is 8.64. The van der Waals surface area contributed by atoms with Gasteiger partial charge in [0.1, 0.15) is 0 Å². The second-order valence-electron chi connectivity index (χ2n) is 11.8. The first-order valence-electron chi connectivity index (χ1n) is 13.5. The number of alkyl halides is 3. The Morgan fingerprint density at radius 2 is 1.79 bits per heavy atom. The van der Waals surface area contributed by atoms with Crippen LogP contribution in [0.2, 0.25) is 5.02 Å². The number of hydrogen-bond donors (Lipinski definition) is 3. The molecule has 216 valence electrons. The van der Waals surface area contributed by atoms with Crippen molar-refractivity contribution >= 4 is 39.1 Å². The number of benzene rings is 1. The highest BCUT2D eigenvalue weighted by molar-refractivity contribution is 7.89. The highest BCUT2D eigenvalue weighted by atomic mass is 35.5. The van der Waals surface area contributed by atoms with Crippen LogP contribution < -0.4 is 15.4 Å². The third-order valence-electron chi connectivity index (χ3n) is 8.56. The number of fused-ring (bicyclic) bond motifs is 1. The maximum Gasteiger partial charge on any atom is 0.389 e. The highest BCUT2D eigenvalue weighted by Gasteiger charge is 2.54. The molecule has 1 aromatic carbocycles. The summed E-state index contributed by atoms with van der Waals surface area (Å²) in [6.07, 6.45) is -0.235. The van der Waals surface area contributed by atoms with Crippen molar-refractivity contribution in [3.05, 3.63) is 28.3 Å². The van der Waals surface area contributed by atoms with E-state index in [0.717, 1.165) is 31.2 Å². The van der Waals surface area contributed by atoms with Crippen molar-refractivity contribution in [1.82, 2.24) is 14.9 Å².